The Hall–Kier alpha value is -2.54. The summed E-state index contributed by atoms with van der Waals surface area (Å²) < 4.78 is 14.2. The molecule has 1 amide bonds. The van der Waals surface area contributed by atoms with Gasteiger partial charge in [0.15, 0.2) is 0 Å². The number of carbonyl (C=O) groups excluding carboxylic acids is 1. The van der Waals surface area contributed by atoms with Gasteiger partial charge in [0.1, 0.15) is 5.82 Å². The second-order valence-electron chi connectivity index (χ2n) is 9.43. The van der Waals surface area contributed by atoms with Crippen LogP contribution in [0.15, 0.2) is 18.2 Å². The minimum absolute atomic E-state index is 0.0428. The molecule has 1 aliphatic heterocycles. The van der Waals surface area contributed by atoms with E-state index in [0.717, 1.165) is 46.6 Å². The third kappa shape index (κ3) is 3.24. The minimum Gasteiger partial charge on any atom is -0.363 e. The molecule has 0 spiro atoms. The summed E-state index contributed by atoms with van der Waals surface area (Å²) in [6, 6.07) is 11.8. The Bertz CT molecular complexity index is 921. The van der Waals surface area contributed by atoms with Crippen LogP contribution < -0.4 is 10.2 Å². The van der Waals surface area contributed by atoms with Crippen molar-refractivity contribution in [1.82, 2.24) is 0 Å². The zero-order valence-electron chi connectivity index (χ0n) is 17.2. The van der Waals surface area contributed by atoms with Gasteiger partial charge in [0, 0.05) is 47.5 Å². The summed E-state index contributed by atoms with van der Waals surface area (Å²) >= 11 is 0. The molecule has 2 aliphatic rings. The number of amides is 1. The van der Waals surface area contributed by atoms with Gasteiger partial charge in [0.2, 0.25) is 5.91 Å². The Labute approximate surface area is 166 Å². The maximum absolute atomic E-state index is 14.2. The summed E-state index contributed by atoms with van der Waals surface area (Å²) in [6.45, 7) is 11.1. The molecule has 3 nitrogen and oxygen atoms in total. The number of carbonyl (C=O) groups is 1. The van der Waals surface area contributed by atoms with Crippen molar-refractivity contribution < 1.29 is 9.18 Å². The average molecular weight is 378 g/mol. The fourth-order valence-electron chi connectivity index (χ4n) is 4.70. The highest BCUT2D eigenvalue weighted by Crippen LogP contribution is 2.52. The van der Waals surface area contributed by atoms with Gasteiger partial charge in [-0.05, 0) is 48.9 Å². The maximum Gasteiger partial charge on any atom is 0.224 e. The fraction of sp³-hybridized carbons (Fsp3) is 0.458. The van der Waals surface area contributed by atoms with E-state index in [1.807, 2.05) is 13.8 Å². The van der Waals surface area contributed by atoms with Crippen molar-refractivity contribution in [2.75, 3.05) is 16.8 Å². The zero-order valence-corrected chi connectivity index (χ0v) is 17.2. The standard InChI is InChI=1S/C24H27FN2O/c1-14-9-17(10-15(2)23(14)26-21(28)12-24(3,4)5)27-13-16-11-20(27)18-7-6-8-19(25)22(16)18/h8-10,16,20H,11-13H2,1-5H3,(H,26,28)/t16-,20+/m0/s1. The van der Waals surface area contributed by atoms with Crippen LogP contribution in [0.5, 0.6) is 0 Å². The third-order valence-electron chi connectivity index (χ3n) is 5.80. The number of rotatable bonds is 3. The van der Waals surface area contributed by atoms with Crippen molar-refractivity contribution in [1.29, 1.82) is 0 Å². The lowest BCUT2D eigenvalue weighted by Gasteiger charge is -2.31. The van der Waals surface area contributed by atoms with E-state index in [-0.39, 0.29) is 29.1 Å². The summed E-state index contributed by atoms with van der Waals surface area (Å²) in [5, 5.41) is 3.09. The molecule has 0 radical (unpaired) electrons. The van der Waals surface area contributed by atoms with Crippen LogP contribution in [-0.2, 0) is 4.79 Å². The molecular weight excluding hydrogens is 351 g/mol. The molecule has 1 N–H and O–H groups in total. The first-order valence-corrected chi connectivity index (χ1v) is 9.93. The number of benzene rings is 1. The number of fused-ring (bicyclic) bond motifs is 5. The Kier molecular flexibility index (Phi) is 4.38. The van der Waals surface area contributed by atoms with Crippen LogP contribution in [0.1, 0.15) is 67.8 Å². The molecule has 0 aromatic heterocycles. The Morgan fingerprint density at radius 3 is 2.61 bits per heavy atom. The van der Waals surface area contributed by atoms with E-state index in [2.05, 4.69) is 55.3 Å². The van der Waals surface area contributed by atoms with Crippen LogP contribution in [0.25, 0.3) is 0 Å². The van der Waals surface area contributed by atoms with Crippen LogP contribution in [0.2, 0.25) is 0 Å². The van der Waals surface area contributed by atoms with Gasteiger partial charge >= 0.3 is 0 Å². The van der Waals surface area contributed by atoms with E-state index in [0.29, 0.717) is 6.42 Å². The van der Waals surface area contributed by atoms with Crippen LogP contribution in [0.3, 0.4) is 0 Å². The lowest BCUT2D eigenvalue weighted by molar-refractivity contribution is -0.117. The van der Waals surface area contributed by atoms with Gasteiger partial charge in [-0.1, -0.05) is 32.9 Å². The van der Waals surface area contributed by atoms with E-state index in [1.54, 1.807) is 0 Å². The van der Waals surface area contributed by atoms with Crippen LogP contribution in [0.4, 0.5) is 15.8 Å². The number of aryl methyl sites for hydroxylation is 2. The van der Waals surface area contributed by atoms with Crippen molar-refractivity contribution in [3.63, 3.8) is 0 Å². The largest absolute Gasteiger partial charge is 0.363 e. The van der Waals surface area contributed by atoms with Gasteiger partial charge in [0.05, 0.1) is 6.04 Å². The highest BCUT2D eigenvalue weighted by atomic mass is 19.1. The molecule has 2 atom stereocenters. The van der Waals surface area contributed by atoms with Crippen molar-refractivity contribution in [3.05, 3.63) is 58.4 Å². The van der Waals surface area contributed by atoms with Crippen molar-refractivity contribution in [2.45, 2.75) is 59.4 Å². The molecule has 4 heteroatoms. The highest BCUT2D eigenvalue weighted by molar-refractivity contribution is 5.93. The Morgan fingerprint density at radius 2 is 1.96 bits per heavy atom. The molecule has 0 unspecified atom stereocenters. The number of hydrogen-bond donors (Lipinski definition) is 1. The summed E-state index contributed by atoms with van der Waals surface area (Å²) in [5.41, 5.74) is 5.86. The second-order valence-corrected chi connectivity index (χ2v) is 9.43. The van der Waals surface area contributed by atoms with E-state index < -0.39 is 0 Å². The van der Waals surface area contributed by atoms with Crippen LogP contribution >= 0.6 is 0 Å². The molecule has 28 heavy (non-hydrogen) atoms. The molecule has 1 heterocycles. The second kappa shape index (κ2) is 6.51. The van der Waals surface area contributed by atoms with Gasteiger partial charge in [-0.3, -0.25) is 4.79 Å². The van der Waals surface area contributed by atoms with E-state index in [4.69, 9.17) is 0 Å². The normalized spacial score (nSPS) is 20.1. The highest BCUT2D eigenvalue weighted by Gasteiger charge is 2.44. The van der Waals surface area contributed by atoms with Gasteiger partial charge in [0.25, 0.3) is 0 Å². The summed E-state index contributed by atoms with van der Waals surface area (Å²) in [4.78, 5) is 14.7. The molecule has 1 fully saturated rings. The number of nitrogens with one attached hydrogen (secondary N) is 1. The van der Waals surface area contributed by atoms with Gasteiger partial charge < -0.3 is 10.2 Å². The lowest BCUT2D eigenvalue weighted by atomic mass is 9.92. The Morgan fingerprint density at radius 1 is 1.29 bits per heavy atom. The summed E-state index contributed by atoms with van der Waals surface area (Å²) in [7, 11) is 0. The molecule has 0 saturated carbocycles. The lowest BCUT2D eigenvalue weighted by Crippen LogP contribution is -2.28. The van der Waals surface area contributed by atoms with Gasteiger partial charge in [-0.25, -0.2) is 4.39 Å². The first-order valence-electron chi connectivity index (χ1n) is 9.93. The zero-order chi connectivity index (χ0) is 20.2. The molecule has 146 valence electrons. The molecule has 4 rings (SSSR count). The quantitative estimate of drug-likeness (QED) is 0.768. The molecule has 2 bridgehead atoms. The van der Waals surface area contributed by atoms with Crippen molar-refractivity contribution >= 4 is 17.3 Å². The first-order chi connectivity index (χ1) is 13.1. The maximum atomic E-state index is 14.2. The SMILES string of the molecule is Cc1cc(N2C[C@@H]3C[C@@H]2c2c#ccc(F)c23)cc(C)c1NC(=O)CC(C)(C)C. The summed E-state index contributed by atoms with van der Waals surface area (Å²) in [6.07, 6.45) is 1.42. The van der Waals surface area contributed by atoms with E-state index in [9.17, 15) is 9.18 Å². The van der Waals surface area contributed by atoms with E-state index >= 15 is 0 Å². The number of halogens is 1. The molecule has 2 aromatic carbocycles. The molecule has 2 aromatic rings. The monoisotopic (exact) mass is 378 g/mol. The van der Waals surface area contributed by atoms with E-state index in [1.165, 1.54) is 6.07 Å². The third-order valence-corrected chi connectivity index (χ3v) is 5.80. The first kappa shape index (κ1) is 18.8. The Balaban J connectivity index is 1.59. The molecule has 1 aliphatic carbocycles. The fourth-order valence-corrected chi connectivity index (χ4v) is 4.70. The molecule has 1 saturated heterocycles. The van der Waals surface area contributed by atoms with Gasteiger partial charge in [-0.15, -0.1) is 0 Å². The topological polar surface area (TPSA) is 32.3 Å². The van der Waals surface area contributed by atoms with Crippen molar-refractivity contribution in [2.24, 2.45) is 5.41 Å². The number of nitrogens with zero attached hydrogens (tertiary/aromatic N) is 1. The van der Waals surface area contributed by atoms with Crippen LogP contribution in [-0.4, -0.2) is 12.5 Å². The number of anilines is 2. The predicted molar refractivity (Wildman–Crippen MR) is 110 cm³/mol. The smallest absolute Gasteiger partial charge is 0.224 e. The van der Waals surface area contributed by atoms with Gasteiger partial charge in [-0.2, -0.15) is 0 Å². The number of hydrogen-bond acceptors (Lipinski definition) is 2. The molecular formula is C24H27FN2O. The van der Waals surface area contributed by atoms with Crippen molar-refractivity contribution in [3.8, 4) is 0 Å². The summed E-state index contributed by atoms with van der Waals surface area (Å²) in [5.74, 6) is 0.115. The average Bonchev–Trinajstić information content (AvgIpc) is 3.16. The minimum atomic E-state index is -0.148. The predicted octanol–water partition coefficient (Wildman–Crippen LogP) is 5.47. The van der Waals surface area contributed by atoms with Crippen LogP contribution in [0, 0.1) is 37.2 Å².